The van der Waals surface area contributed by atoms with Gasteiger partial charge in [-0.3, -0.25) is 9.59 Å². The van der Waals surface area contributed by atoms with E-state index in [4.69, 9.17) is 8.83 Å². The molecule has 0 saturated heterocycles. The van der Waals surface area contributed by atoms with E-state index in [2.05, 4.69) is 5.32 Å². The largest absolute Gasteiger partial charge is 0.459 e. The first-order chi connectivity index (χ1) is 16.0. The molecule has 0 aliphatic rings. The smallest absolute Gasteiger partial charge is 0.291 e. The van der Waals surface area contributed by atoms with Crippen LogP contribution in [0.15, 0.2) is 94.2 Å². The van der Waals surface area contributed by atoms with Gasteiger partial charge < -0.3 is 24.0 Å². The van der Waals surface area contributed by atoms with E-state index in [0.29, 0.717) is 18.8 Å². The SMILES string of the molecule is CN(C)c1ccc(NC(=O)c2ccco2)cc1CN(Cc1ccccc1)C(=O)c1ccco1. The summed E-state index contributed by atoms with van der Waals surface area (Å²) in [6.45, 7) is 0.739. The normalized spacial score (nSPS) is 10.6. The Morgan fingerprint density at radius 2 is 1.52 bits per heavy atom. The molecule has 33 heavy (non-hydrogen) atoms. The Kier molecular flexibility index (Phi) is 6.59. The van der Waals surface area contributed by atoms with Crippen LogP contribution in [0, 0.1) is 0 Å². The first-order valence-corrected chi connectivity index (χ1v) is 10.5. The van der Waals surface area contributed by atoms with E-state index in [0.717, 1.165) is 16.8 Å². The number of carbonyl (C=O) groups is 2. The lowest BCUT2D eigenvalue weighted by atomic mass is 10.1. The lowest BCUT2D eigenvalue weighted by Gasteiger charge is -2.26. The first kappa shape index (κ1) is 22.0. The summed E-state index contributed by atoms with van der Waals surface area (Å²) < 4.78 is 10.6. The summed E-state index contributed by atoms with van der Waals surface area (Å²) in [7, 11) is 3.88. The minimum absolute atomic E-state index is 0.210. The number of nitrogens with one attached hydrogen (secondary N) is 1. The number of furan rings is 2. The third-order valence-corrected chi connectivity index (χ3v) is 5.16. The van der Waals surface area contributed by atoms with E-state index >= 15 is 0 Å². The van der Waals surface area contributed by atoms with E-state index in [9.17, 15) is 9.59 Å². The van der Waals surface area contributed by atoms with Gasteiger partial charge in [-0.25, -0.2) is 0 Å². The Hall–Kier alpha value is -4.26. The predicted molar refractivity (Wildman–Crippen MR) is 126 cm³/mol. The van der Waals surface area contributed by atoms with Gasteiger partial charge in [0.05, 0.1) is 12.5 Å². The molecule has 0 saturated carbocycles. The van der Waals surface area contributed by atoms with Gasteiger partial charge in [0.15, 0.2) is 11.5 Å². The third kappa shape index (κ3) is 5.33. The molecule has 0 bridgehead atoms. The van der Waals surface area contributed by atoms with Crippen LogP contribution in [0.3, 0.4) is 0 Å². The van der Waals surface area contributed by atoms with Gasteiger partial charge in [0, 0.05) is 38.6 Å². The number of hydrogen-bond donors (Lipinski definition) is 1. The second-order valence-corrected chi connectivity index (χ2v) is 7.79. The van der Waals surface area contributed by atoms with Crippen LogP contribution in [0.25, 0.3) is 0 Å². The minimum atomic E-state index is -0.337. The van der Waals surface area contributed by atoms with Crippen molar-refractivity contribution in [2.75, 3.05) is 24.3 Å². The topological polar surface area (TPSA) is 78.9 Å². The highest BCUT2D eigenvalue weighted by atomic mass is 16.3. The molecule has 0 spiro atoms. The number of carbonyl (C=O) groups excluding carboxylic acids is 2. The summed E-state index contributed by atoms with van der Waals surface area (Å²) >= 11 is 0. The molecule has 0 aliphatic carbocycles. The molecular formula is C26H25N3O4. The summed E-state index contributed by atoms with van der Waals surface area (Å²) in [6, 6.07) is 22.1. The molecule has 2 aromatic heterocycles. The number of anilines is 2. The van der Waals surface area contributed by atoms with Gasteiger partial charge in [-0.15, -0.1) is 0 Å². The highest BCUT2D eigenvalue weighted by molar-refractivity contribution is 6.02. The average Bonchev–Trinajstić information content (AvgIpc) is 3.53. The van der Waals surface area contributed by atoms with Crippen LogP contribution < -0.4 is 10.2 Å². The maximum absolute atomic E-state index is 13.3. The number of hydrogen-bond acceptors (Lipinski definition) is 5. The van der Waals surface area contributed by atoms with Crippen LogP contribution in [0.4, 0.5) is 11.4 Å². The summed E-state index contributed by atoms with van der Waals surface area (Å²) in [5.74, 6) is -0.0403. The molecule has 7 nitrogen and oxygen atoms in total. The minimum Gasteiger partial charge on any atom is -0.459 e. The Morgan fingerprint density at radius 1 is 0.818 bits per heavy atom. The molecule has 0 unspecified atom stereocenters. The molecule has 0 fully saturated rings. The van der Waals surface area contributed by atoms with E-state index in [1.165, 1.54) is 12.5 Å². The third-order valence-electron chi connectivity index (χ3n) is 5.16. The first-order valence-electron chi connectivity index (χ1n) is 10.5. The van der Waals surface area contributed by atoms with E-state index in [1.807, 2.05) is 67.5 Å². The van der Waals surface area contributed by atoms with Crippen molar-refractivity contribution in [3.8, 4) is 0 Å². The highest BCUT2D eigenvalue weighted by Crippen LogP contribution is 2.26. The van der Waals surface area contributed by atoms with Crippen LogP contribution in [-0.4, -0.2) is 30.8 Å². The zero-order valence-corrected chi connectivity index (χ0v) is 18.5. The van der Waals surface area contributed by atoms with Crippen LogP contribution >= 0.6 is 0 Å². The van der Waals surface area contributed by atoms with E-state index < -0.39 is 0 Å². The van der Waals surface area contributed by atoms with Crippen molar-refractivity contribution in [3.05, 3.63) is 108 Å². The van der Waals surface area contributed by atoms with Gasteiger partial charge in [0.2, 0.25) is 0 Å². The Bertz CT molecular complexity index is 1200. The predicted octanol–water partition coefficient (Wildman–Crippen LogP) is 5.03. The molecule has 168 valence electrons. The maximum atomic E-state index is 13.3. The van der Waals surface area contributed by atoms with Crippen molar-refractivity contribution >= 4 is 23.2 Å². The molecule has 0 aliphatic heterocycles. The zero-order valence-electron chi connectivity index (χ0n) is 18.5. The zero-order chi connectivity index (χ0) is 23.2. The number of nitrogens with zero attached hydrogens (tertiary/aromatic N) is 2. The molecule has 4 aromatic rings. The molecular weight excluding hydrogens is 418 g/mol. The lowest BCUT2D eigenvalue weighted by molar-refractivity contribution is 0.0697. The summed E-state index contributed by atoms with van der Waals surface area (Å²) in [5, 5.41) is 2.86. The molecule has 0 atom stereocenters. The molecule has 2 amide bonds. The van der Waals surface area contributed by atoms with Crippen molar-refractivity contribution in [3.63, 3.8) is 0 Å². The Labute approximate surface area is 192 Å². The summed E-state index contributed by atoms with van der Waals surface area (Å²) in [4.78, 5) is 29.4. The van der Waals surface area contributed by atoms with Crippen LogP contribution in [-0.2, 0) is 13.1 Å². The van der Waals surface area contributed by atoms with Crippen molar-refractivity contribution in [2.45, 2.75) is 13.1 Å². The fraction of sp³-hybridized carbons (Fsp3) is 0.154. The average molecular weight is 444 g/mol. The lowest BCUT2D eigenvalue weighted by Crippen LogP contribution is -2.30. The molecule has 2 aromatic carbocycles. The van der Waals surface area contributed by atoms with Crippen LogP contribution in [0.1, 0.15) is 32.2 Å². The maximum Gasteiger partial charge on any atom is 0.291 e. The summed E-state index contributed by atoms with van der Waals surface area (Å²) in [5.41, 5.74) is 3.44. The molecule has 4 rings (SSSR count). The highest BCUT2D eigenvalue weighted by Gasteiger charge is 2.21. The quantitative estimate of drug-likeness (QED) is 0.413. The van der Waals surface area contributed by atoms with E-state index in [1.54, 1.807) is 29.2 Å². The van der Waals surface area contributed by atoms with Gasteiger partial charge in [0.25, 0.3) is 11.8 Å². The van der Waals surface area contributed by atoms with Crippen molar-refractivity contribution in [2.24, 2.45) is 0 Å². The second kappa shape index (κ2) is 9.91. The monoisotopic (exact) mass is 443 g/mol. The number of rotatable bonds is 8. The van der Waals surface area contributed by atoms with Gasteiger partial charge in [-0.05, 0) is 53.6 Å². The van der Waals surface area contributed by atoms with E-state index in [-0.39, 0.29) is 23.3 Å². The van der Waals surface area contributed by atoms with Crippen molar-refractivity contribution < 1.29 is 18.4 Å². The second-order valence-electron chi connectivity index (χ2n) is 7.79. The standard InChI is InChI=1S/C26H25N3O4/c1-28(2)22-13-12-21(27-25(30)23-10-6-14-32-23)16-20(22)18-29(17-19-8-4-3-5-9-19)26(31)24-11-7-15-33-24/h3-16H,17-18H2,1-2H3,(H,27,30). The number of benzene rings is 2. The van der Waals surface area contributed by atoms with Gasteiger partial charge in [-0.1, -0.05) is 30.3 Å². The van der Waals surface area contributed by atoms with Crippen molar-refractivity contribution in [1.29, 1.82) is 0 Å². The van der Waals surface area contributed by atoms with Gasteiger partial charge in [0.1, 0.15) is 0 Å². The fourth-order valence-electron chi connectivity index (χ4n) is 3.59. The van der Waals surface area contributed by atoms with Gasteiger partial charge >= 0.3 is 0 Å². The van der Waals surface area contributed by atoms with Crippen LogP contribution in [0.5, 0.6) is 0 Å². The summed E-state index contributed by atoms with van der Waals surface area (Å²) in [6.07, 6.45) is 2.95. The number of amides is 2. The molecule has 0 radical (unpaired) electrons. The van der Waals surface area contributed by atoms with Crippen LogP contribution in [0.2, 0.25) is 0 Å². The van der Waals surface area contributed by atoms with Crippen molar-refractivity contribution in [1.82, 2.24) is 4.90 Å². The Balaban J connectivity index is 1.64. The molecule has 1 N–H and O–H groups in total. The molecule has 2 heterocycles. The fourth-order valence-corrected chi connectivity index (χ4v) is 3.59. The van der Waals surface area contributed by atoms with Gasteiger partial charge in [-0.2, -0.15) is 0 Å². The Morgan fingerprint density at radius 3 is 2.15 bits per heavy atom. The molecule has 7 heteroatoms.